The minimum absolute atomic E-state index is 0.213. The minimum atomic E-state index is -0.255. The number of benzene rings is 3. The van der Waals surface area contributed by atoms with Gasteiger partial charge < -0.3 is 14.2 Å². The molecule has 39 heavy (non-hydrogen) atoms. The zero-order valence-electron chi connectivity index (χ0n) is 23.2. The number of aromatic nitrogens is 2. The number of hydrogen-bond donors (Lipinski definition) is 0. The molecule has 0 fully saturated rings. The van der Waals surface area contributed by atoms with Crippen molar-refractivity contribution in [3.05, 3.63) is 80.0 Å². The fraction of sp³-hybridized carbons (Fsp3) is 0.323. The van der Waals surface area contributed by atoms with Crippen LogP contribution in [0.2, 0.25) is 0 Å². The highest BCUT2D eigenvalue weighted by molar-refractivity contribution is 9.10. The Kier molecular flexibility index (Phi) is 9.07. The van der Waals surface area contributed by atoms with Gasteiger partial charge in [0.05, 0.1) is 41.4 Å². The molecule has 1 aromatic heterocycles. The first-order valence-electron chi connectivity index (χ1n) is 13.2. The van der Waals surface area contributed by atoms with Gasteiger partial charge >= 0.3 is 0 Å². The number of halogens is 1. The topological polar surface area (TPSA) is 74.9 Å². The molecule has 4 aromatic rings. The molecule has 8 heteroatoms. The Balaban J connectivity index is 1.96. The lowest BCUT2D eigenvalue weighted by molar-refractivity contribution is 0.321. The lowest BCUT2D eigenvalue weighted by atomic mass is 9.96. The van der Waals surface area contributed by atoms with E-state index in [1.165, 1.54) is 4.68 Å². The van der Waals surface area contributed by atoms with Crippen molar-refractivity contribution in [3.8, 4) is 28.6 Å². The first-order valence-corrected chi connectivity index (χ1v) is 14.0. The summed E-state index contributed by atoms with van der Waals surface area (Å²) < 4.78 is 19.6. The van der Waals surface area contributed by atoms with E-state index in [9.17, 15) is 4.79 Å². The average molecular weight is 593 g/mol. The number of rotatable bonds is 10. The molecule has 0 atom stereocenters. The van der Waals surface area contributed by atoms with E-state index in [-0.39, 0.29) is 11.5 Å². The number of fused-ring (bicyclic) bond motifs is 1. The SMILES string of the molecule is CCOc1cc(OCC)c(C=Nn2c(-c3cc(C(C)C)c(OCC)cc3C)nc3ccccc3c2=O)cc1Br. The monoisotopic (exact) mass is 591 g/mol. The molecule has 0 aliphatic rings. The Morgan fingerprint density at radius 1 is 0.949 bits per heavy atom. The van der Waals surface area contributed by atoms with Gasteiger partial charge in [-0.3, -0.25) is 4.79 Å². The number of para-hydroxylation sites is 1. The van der Waals surface area contributed by atoms with Crippen molar-refractivity contribution in [2.75, 3.05) is 19.8 Å². The van der Waals surface area contributed by atoms with Crippen LogP contribution in [0.3, 0.4) is 0 Å². The second-order valence-electron chi connectivity index (χ2n) is 9.29. The molecule has 0 amide bonds. The first kappa shape index (κ1) is 28.4. The quantitative estimate of drug-likeness (QED) is 0.180. The summed E-state index contributed by atoms with van der Waals surface area (Å²) in [6.45, 7) is 13.6. The molecule has 0 aliphatic heterocycles. The molecule has 0 saturated carbocycles. The van der Waals surface area contributed by atoms with E-state index in [0.717, 1.165) is 26.9 Å². The Morgan fingerprint density at radius 3 is 2.31 bits per heavy atom. The molecule has 0 aliphatic carbocycles. The van der Waals surface area contributed by atoms with Gasteiger partial charge in [-0.1, -0.05) is 26.0 Å². The van der Waals surface area contributed by atoms with Crippen LogP contribution in [0.4, 0.5) is 0 Å². The maximum absolute atomic E-state index is 13.8. The van der Waals surface area contributed by atoms with Gasteiger partial charge in [0, 0.05) is 17.2 Å². The van der Waals surface area contributed by atoms with Gasteiger partial charge in [-0.25, -0.2) is 4.98 Å². The number of aryl methyl sites for hydroxylation is 1. The molecule has 7 nitrogen and oxygen atoms in total. The number of nitrogens with zero attached hydrogens (tertiary/aromatic N) is 3. The largest absolute Gasteiger partial charge is 0.494 e. The fourth-order valence-electron chi connectivity index (χ4n) is 4.39. The summed E-state index contributed by atoms with van der Waals surface area (Å²) in [4.78, 5) is 18.7. The second-order valence-corrected chi connectivity index (χ2v) is 10.1. The third-order valence-corrected chi connectivity index (χ3v) is 6.87. The first-order chi connectivity index (χ1) is 18.8. The standard InChI is InChI=1S/C31H34BrN3O4/c1-7-37-27-17-29(39-9-3)25(32)15-21(27)18-33-35-30(34-26-13-11-10-12-22(26)31(35)36)24-16-23(19(4)5)28(38-8-2)14-20(24)6/h10-19H,7-9H2,1-6H3. The van der Waals surface area contributed by atoms with Gasteiger partial charge in [-0.2, -0.15) is 9.78 Å². The van der Waals surface area contributed by atoms with Gasteiger partial charge in [-0.15, -0.1) is 0 Å². The maximum atomic E-state index is 13.8. The predicted octanol–water partition coefficient (Wildman–Crippen LogP) is 7.34. The summed E-state index contributed by atoms with van der Waals surface area (Å²) in [5, 5.41) is 5.17. The highest BCUT2D eigenvalue weighted by Crippen LogP contribution is 2.35. The summed E-state index contributed by atoms with van der Waals surface area (Å²) in [5.74, 6) is 2.79. The minimum Gasteiger partial charge on any atom is -0.494 e. The van der Waals surface area contributed by atoms with Crippen LogP contribution >= 0.6 is 15.9 Å². The van der Waals surface area contributed by atoms with Crippen LogP contribution < -0.4 is 19.8 Å². The lowest BCUT2D eigenvalue weighted by Crippen LogP contribution is -2.21. The van der Waals surface area contributed by atoms with Crippen molar-refractivity contribution in [1.29, 1.82) is 0 Å². The maximum Gasteiger partial charge on any atom is 0.282 e. The molecule has 4 rings (SSSR count). The second kappa shape index (κ2) is 12.5. The van der Waals surface area contributed by atoms with Gasteiger partial charge in [0.15, 0.2) is 5.82 Å². The van der Waals surface area contributed by atoms with E-state index in [0.29, 0.717) is 53.6 Å². The molecular formula is C31H34BrN3O4. The Bertz CT molecular complexity index is 1580. The van der Waals surface area contributed by atoms with Crippen LogP contribution in [0.15, 0.2) is 62.9 Å². The molecule has 0 radical (unpaired) electrons. The molecule has 204 valence electrons. The summed E-state index contributed by atoms with van der Waals surface area (Å²) in [6, 6.07) is 15.1. The van der Waals surface area contributed by atoms with Crippen molar-refractivity contribution in [3.63, 3.8) is 0 Å². The average Bonchev–Trinajstić information content (AvgIpc) is 2.90. The molecule has 0 bridgehead atoms. The van der Waals surface area contributed by atoms with Crippen LogP contribution in [0, 0.1) is 6.92 Å². The van der Waals surface area contributed by atoms with E-state index in [1.807, 2.05) is 64.1 Å². The third-order valence-electron chi connectivity index (χ3n) is 6.25. The summed E-state index contributed by atoms with van der Waals surface area (Å²) in [5.41, 5.74) is 3.86. The van der Waals surface area contributed by atoms with Crippen molar-refractivity contribution in [2.24, 2.45) is 5.10 Å². The molecule has 0 saturated heterocycles. The Labute approximate surface area is 237 Å². The fourth-order valence-corrected chi connectivity index (χ4v) is 4.87. The molecular weight excluding hydrogens is 558 g/mol. The van der Waals surface area contributed by atoms with Gasteiger partial charge in [0.1, 0.15) is 17.2 Å². The Morgan fingerprint density at radius 2 is 1.62 bits per heavy atom. The Hall–Kier alpha value is -3.65. The van der Waals surface area contributed by atoms with Crippen LogP contribution in [-0.4, -0.2) is 35.7 Å². The highest BCUT2D eigenvalue weighted by Gasteiger charge is 2.19. The molecule has 3 aromatic carbocycles. The smallest absolute Gasteiger partial charge is 0.282 e. The molecule has 0 unspecified atom stereocenters. The predicted molar refractivity (Wildman–Crippen MR) is 161 cm³/mol. The van der Waals surface area contributed by atoms with Gasteiger partial charge in [-0.05, 0) is 91.0 Å². The number of ether oxygens (including phenoxy) is 3. The van der Waals surface area contributed by atoms with E-state index >= 15 is 0 Å². The highest BCUT2D eigenvalue weighted by atomic mass is 79.9. The van der Waals surface area contributed by atoms with Crippen molar-refractivity contribution in [1.82, 2.24) is 9.66 Å². The zero-order valence-corrected chi connectivity index (χ0v) is 24.8. The molecule has 1 heterocycles. The van der Waals surface area contributed by atoms with Crippen LogP contribution in [0.25, 0.3) is 22.3 Å². The van der Waals surface area contributed by atoms with E-state index in [4.69, 9.17) is 19.2 Å². The van der Waals surface area contributed by atoms with Crippen LogP contribution in [0.5, 0.6) is 17.2 Å². The molecule has 0 N–H and O–H groups in total. The van der Waals surface area contributed by atoms with Crippen molar-refractivity contribution < 1.29 is 14.2 Å². The van der Waals surface area contributed by atoms with Gasteiger partial charge in [0.2, 0.25) is 0 Å². The summed E-state index contributed by atoms with van der Waals surface area (Å²) >= 11 is 3.57. The van der Waals surface area contributed by atoms with E-state index in [2.05, 4.69) is 40.9 Å². The lowest BCUT2D eigenvalue weighted by Gasteiger charge is -2.18. The van der Waals surface area contributed by atoms with E-state index < -0.39 is 0 Å². The molecule has 0 spiro atoms. The van der Waals surface area contributed by atoms with Crippen LogP contribution in [0.1, 0.15) is 57.2 Å². The van der Waals surface area contributed by atoms with Gasteiger partial charge in [0.25, 0.3) is 5.56 Å². The summed E-state index contributed by atoms with van der Waals surface area (Å²) in [6.07, 6.45) is 1.63. The summed E-state index contributed by atoms with van der Waals surface area (Å²) in [7, 11) is 0. The normalized spacial score (nSPS) is 11.5. The van der Waals surface area contributed by atoms with Crippen molar-refractivity contribution >= 4 is 33.0 Å². The third kappa shape index (κ3) is 6.01. The van der Waals surface area contributed by atoms with E-state index in [1.54, 1.807) is 12.3 Å². The zero-order chi connectivity index (χ0) is 28.1. The number of hydrogen-bond acceptors (Lipinski definition) is 6. The van der Waals surface area contributed by atoms with Crippen molar-refractivity contribution in [2.45, 2.75) is 47.5 Å². The van der Waals surface area contributed by atoms with Crippen LogP contribution in [-0.2, 0) is 0 Å².